The van der Waals surface area contributed by atoms with Gasteiger partial charge in [0.05, 0.1) is 11.8 Å². The molecule has 2 aromatic rings. The van der Waals surface area contributed by atoms with Crippen LogP contribution in [0.25, 0.3) is 5.69 Å². The molecule has 1 fully saturated rings. The first-order valence-electron chi connectivity index (χ1n) is 8.14. The van der Waals surface area contributed by atoms with E-state index in [2.05, 4.69) is 10.4 Å². The van der Waals surface area contributed by atoms with Crippen molar-refractivity contribution in [1.82, 2.24) is 15.1 Å². The highest BCUT2D eigenvalue weighted by Gasteiger charge is 2.25. The first-order chi connectivity index (χ1) is 11.0. The Hall–Kier alpha value is -2.14. The van der Waals surface area contributed by atoms with Crippen LogP contribution in [0, 0.1) is 19.8 Å². The average molecular weight is 313 g/mol. The standard InChI is InChI=1S/C18H23N3O2/c1-12-6-8-15(9-7-12)21-13(2)10-16(20-21)18(23)19-11-14-4-3-5-17(14)22/h6-10,14,17,22H,3-5,11H2,1-2H3,(H,19,23). The monoisotopic (exact) mass is 313 g/mol. The highest BCUT2D eigenvalue weighted by atomic mass is 16.3. The van der Waals surface area contributed by atoms with Crippen molar-refractivity contribution >= 4 is 5.91 Å². The quantitative estimate of drug-likeness (QED) is 0.910. The van der Waals surface area contributed by atoms with E-state index >= 15 is 0 Å². The molecule has 5 heteroatoms. The zero-order valence-corrected chi connectivity index (χ0v) is 13.6. The summed E-state index contributed by atoms with van der Waals surface area (Å²) in [5.74, 6) is -0.0164. The van der Waals surface area contributed by atoms with Crippen LogP contribution in [0.15, 0.2) is 30.3 Å². The minimum absolute atomic E-state index is 0.166. The van der Waals surface area contributed by atoms with E-state index in [9.17, 15) is 9.90 Å². The van der Waals surface area contributed by atoms with E-state index in [-0.39, 0.29) is 17.9 Å². The number of nitrogens with one attached hydrogen (secondary N) is 1. The second kappa shape index (κ2) is 6.54. The molecule has 1 aromatic heterocycles. The van der Waals surface area contributed by atoms with Crippen LogP contribution in [-0.4, -0.2) is 33.4 Å². The zero-order valence-electron chi connectivity index (χ0n) is 13.6. The molecule has 5 nitrogen and oxygen atoms in total. The van der Waals surface area contributed by atoms with Gasteiger partial charge in [-0.3, -0.25) is 4.79 Å². The molecule has 0 bridgehead atoms. The van der Waals surface area contributed by atoms with Crippen LogP contribution in [0.4, 0.5) is 0 Å². The van der Waals surface area contributed by atoms with Gasteiger partial charge in [-0.2, -0.15) is 5.10 Å². The number of aromatic nitrogens is 2. The molecule has 1 aliphatic carbocycles. The van der Waals surface area contributed by atoms with Crippen molar-refractivity contribution in [2.24, 2.45) is 5.92 Å². The van der Waals surface area contributed by atoms with Crippen molar-refractivity contribution < 1.29 is 9.90 Å². The van der Waals surface area contributed by atoms with Crippen LogP contribution in [0.5, 0.6) is 0 Å². The fraction of sp³-hybridized carbons (Fsp3) is 0.444. The van der Waals surface area contributed by atoms with Gasteiger partial charge in [0, 0.05) is 18.2 Å². The second-order valence-corrected chi connectivity index (χ2v) is 6.39. The van der Waals surface area contributed by atoms with Gasteiger partial charge >= 0.3 is 0 Å². The maximum atomic E-state index is 12.3. The molecule has 2 atom stereocenters. The molecule has 1 amide bonds. The lowest BCUT2D eigenvalue weighted by Gasteiger charge is -2.14. The van der Waals surface area contributed by atoms with Gasteiger partial charge in [-0.05, 0) is 44.9 Å². The van der Waals surface area contributed by atoms with Gasteiger partial charge in [-0.1, -0.05) is 24.1 Å². The van der Waals surface area contributed by atoms with Gasteiger partial charge in [0.1, 0.15) is 0 Å². The van der Waals surface area contributed by atoms with E-state index in [0.717, 1.165) is 30.6 Å². The number of hydrogen-bond acceptors (Lipinski definition) is 3. The minimum atomic E-state index is -0.290. The minimum Gasteiger partial charge on any atom is -0.393 e. The fourth-order valence-corrected chi connectivity index (χ4v) is 3.10. The van der Waals surface area contributed by atoms with Gasteiger partial charge in [0.15, 0.2) is 5.69 Å². The molecule has 3 rings (SSSR count). The van der Waals surface area contributed by atoms with Crippen molar-refractivity contribution in [3.05, 3.63) is 47.3 Å². The Labute approximate surface area is 136 Å². The summed E-state index contributed by atoms with van der Waals surface area (Å²) in [6.07, 6.45) is 2.55. The molecule has 2 N–H and O–H groups in total. The van der Waals surface area contributed by atoms with E-state index in [0.29, 0.717) is 12.2 Å². The van der Waals surface area contributed by atoms with Crippen molar-refractivity contribution in [2.45, 2.75) is 39.2 Å². The lowest BCUT2D eigenvalue weighted by molar-refractivity contribution is 0.0911. The highest BCUT2D eigenvalue weighted by molar-refractivity contribution is 5.92. The number of benzene rings is 1. The number of rotatable bonds is 4. The Balaban J connectivity index is 1.69. The van der Waals surface area contributed by atoms with E-state index in [1.54, 1.807) is 10.7 Å². The molecule has 2 unspecified atom stereocenters. The van der Waals surface area contributed by atoms with Gasteiger partial charge in [0.2, 0.25) is 0 Å². The lowest BCUT2D eigenvalue weighted by Crippen LogP contribution is -2.32. The molecule has 122 valence electrons. The fourth-order valence-electron chi connectivity index (χ4n) is 3.10. The van der Waals surface area contributed by atoms with E-state index in [4.69, 9.17) is 0 Å². The summed E-state index contributed by atoms with van der Waals surface area (Å²) in [4.78, 5) is 12.3. The second-order valence-electron chi connectivity index (χ2n) is 6.39. The van der Waals surface area contributed by atoms with Crippen molar-refractivity contribution in [3.8, 4) is 5.69 Å². The summed E-state index contributed by atoms with van der Waals surface area (Å²) < 4.78 is 1.78. The van der Waals surface area contributed by atoms with Gasteiger partial charge in [-0.15, -0.1) is 0 Å². The molecule has 0 saturated heterocycles. The van der Waals surface area contributed by atoms with Crippen LogP contribution < -0.4 is 5.32 Å². The number of aliphatic hydroxyl groups is 1. The molecule has 23 heavy (non-hydrogen) atoms. The number of aliphatic hydroxyl groups excluding tert-OH is 1. The van der Waals surface area contributed by atoms with Gasteiger partial charge in [-0.25, -0.2) is 4.68 Å². The first kappa shape index (κ1) is 15.7. The van der Waals surface area contributed by atoms with Crippen molar-refractivity contribution in [1.29, 1.82) is 0 Å². The predicted molar refractivity (Wildman–Crippen MR) is 88.7 cm³/mol. The SMILES string of the molecule is Cc1ccc(-n2nc(C(=O)NCC3CCCC3O)cc2C)cc1. The van der Waals surface area contributed by atoms with E-state index < -0.39 is 0 Å². The molecule has 0 spiro atoms. The number of carbonyl (C=O) groups is 1. The summed E-state index contributed by atoms with van der Waals surface area (Å²) in [6, 6.07) is 9.83. The molecule has 1 heterocycles. The van der Waals surface area contributed by atoms with Gasteiger partial charge < -0.3 is 10.4 Å². The highest BCUT2D eigenvalue weighted by Crippen LogP contribution is 2.24. The van der Waals surface area contributed by atoms with E-state index in [1.807, 2.05) is 38.1 Å². The van der Waals surface area contributed by atoms with Crippen LogP contribution >= 0.6 is 0 Å². The van der Waals surface area contributed by atoms with E-state index in [1.165, 1.54) is 5.56 Å². The number of aryl methyl sites for hydroxylation is 2. The Kier molecular flexibility index (Phi) is 4.48. The zero-order chi connectivity index (χ0) is 16.4. The molecular formula is C18H23N3O2. The maximum absolute atomic E-state index is 12.3. The summed E-state index contributed by atoms with van der Waals surface area (Å²) in [6.45, 7) is 4.48. The molecule has 0 radical (unpaired) electrons. The summed E-state index contributed by atoms with van der Waals surface area (Å²) >= 11 is 0. The predicted octanol–water partition coefficient (Wildman–Crippen LogP) is 2.38. The molecular weight excluding hydrogens is 290 g/mol. The van der Waals surface area contributed by atoms with Crippen molar-refractivity contribution in [3.63, 3.8) is 0 Å². The summed E-state index contributed by atoms with van der Waals surface area (Å²) in [5.41, 5.74) is 3.46. The topological polar surface area (TPSA) is 67.2 Å². The maximum Gasteiger partial charge on any atom is 0.271 e. The molecule has 1 aliphatic rings. The first-order valence-corrected chi connectivity index (χ1v) is 8.14. The average Bonchev–Trinajstić information content (AvgIpc) is 3.12. The van der Waals surface area contributed by atoms with Gasteiger partial charge in [0.25, 0.3) is 5.91 Å². The lowest BCUT2D eigenvalue weighted by atomic mass is 10.1. The summed E-state index contributed by atoms with van der Waals surface area (Å²) in [5, 5.41) is 17.1. The summed E-state index contributed by atoms with van der Waals surface area (Å²) in [7, 11) is 0. The Morgan fingerprint density at radius 2 is 2.04 bits per heavy atom. The van der Waals surface area contributed by atoms with Crippen LogP contribution in [0.1, 0.15) is 41.0 Å². The third-order valence-electron chi connectivity index (χ3n) is 4.54. The van der Waals surface area contributed by atoms with Crippen LogP contribution in [0.2, 0.25) is 0 Å². The molecule has 1 saturated carbocycles. The Morgan fingerprint density at radius 1 is 1.30 bits per heavy atom. The Bertz CT molecular complexity index is 691. The third-order valence-corrected chi connectivity index (χ3v) is 4.54. The number of amides is 1. The molecule has 0 aliphatic heterocycles. The third kappa shape index (κ3) is 3.45. The van der Waals surface area contributed by atoms with Crippen LogP contribution in [0.3, 0.4) is 0 Å². The smallest absolute Gasteiger partial charge is 0.271 e. The number of carbonyl (C=O) groups excluding carboxylic acids is 1. The van der Waals surface area contributed by atoms with Crippen LogP contribution in [-0.2, 0) is 0 Å². The van der Waals surface area contributed by atoms with Crippen molar-refractivity contribution in [2.75, 3.05) is 6.54 Å². The largest absolute Gasteiger partial charge is 0.393 e. The Morgan fingerprint density at radius 3 is 2.70 bits per heavy atom. The number of nitrogens with zero attached hydrogens (tertiary/aromatic N) is 2. The molecule has 1 aromatic carbocycles. The normalized spacial score (nSPS) is 20.7. The number of hydrogen-bond donors (Lipinski definition) is 2.